The topological polar surface area (TPSA) is 192 Å². The number of aromatic nitrogens is 4. The Morgan fingerprint density at radius 1 is 0.781 bits per heavy atom. The number of nitrogens with zero attached hydrogens (tertiary/aromatic N) is 9. The van der Waals surface area contributed by atoms with Gasteiger partial charge in [0.1, 0.15) is 35.4 Å². The zero-order valence-electron chi connectivity index (χ0n) is 35.6. The van der Waals surface area contributed by atoms with Crippen molar-refractivity contribution < 1.29 is 28.7 Å². The number of rotatable bonds is 9. The molecule has 0 spiro atoms. The number of nitrogen functional groups attached to an aromatic ring is 1. The Balaban J connectivity index is 0.705. The summed E-state index contributed by atoms with van der Waals surface area (Å²) >= 11 is 0. The van der Waals surface area contributed by atoms with Gasteiger partial charge in [-0.1, -0.05) is 18.2 Å². The second kappa shape index (κ2) is 17.4. The molecule has 17 heteroatoms. The first-order chi connectivity index (χ1) is 31.2. The second-order valence-electron chi connectivity index (χ2n) is 17.4. The van der Waals surface area contributed by atoms with Gasteiger partial charge in [0.15, 0.2) is 5.65 Å². The number of hydrogen-bond donors (Lipinski definition) is 2. The lowest BCUT2D eigenvalue weighted by Gasteiger charge is -2.40. The summed E-state index contributed by atoms with van der Waals surface area (Å²) in [5, 5.41) is 8.03. The number of hydrogen-bond acceptors (Lipinski definition) is 12. The average Bonchev–Trinajstić information content (AvgIpc) is 3.84. The van der Waals surface area contributed by atoms with Crippen molar-refractivity contribution >= 4 is 52.2 Å². The van der Waals surface area contributed by atoms with Crippen molar-refractivity contribution in [1.82, 2.24) is 44.7 Å². The largest absolute Gasteiger partial charge is 0.457 e. The number of ether oxygens (including phenoxy) is 1. The maximum Gasteiger partial charge on any atom is 0.320 e. The fourth-order valence-electron chi connectivity index (χ4n) is 9.95. The minimum Gasteiger partial charge on any atom is -0.457 e. The molecule has 3 N–H and O–H groups in total. The third-order valence-electron chi connectivity index (χ3n) is 13.5. The van der Waals surface area contributed by atoms with Crippen LogP contribution in [0, 0.1) is 5.92 Å². The van der Waals surface area contributed by atoms with Crippen molar-refractivity contribution in [2.24, 2.45) is 5.92 Å². The molecule has 2 atom stereocenters. The highest BCUT2D eigenvalue weighted by atomic mass is 16.5. The molecule has 2 aromatic heterocycles. The van der Waals surface area contributed by atoms with Crippen LogP contribution in [0.1, 0.15) is 71.7 Å². The summed E-state index contributed by atoms with van der Waals surface area (Å²) in [4.78, 5) is 83.3. The van der Waals surface area contributed by atoms with E-state index in [1.807, 2.05) is 75.1 Å². The molecule has 0 radical (unpaired) electrons. The SMILES string of the molecule is Nc1ncnc2c1c(-c1ccc(Oc3ccccc3)cc1)nn2[C@@H]1CCCN(C(=O)N2CCC(CCN3CCN(c4ccc5c(c4)C(=O)N(C4CCC(=O)NC4=O)C5=O)CC3)CC2)C1. The first-order valence-corrected chi connectivity index (χ1v) is 22.4. The highest BCUT2D eigenvalue weighted by molar-refractivity contribution is 6.23. The number of anilines is 2. The zero-order valence-corrected chi connectivity index (χ0v) is 35.6. The number of para-hydroxylation sites is 1. The second-order valence-corrected chi connectivity index (χ2v) is 17.4. The fraction of sp³-hybridized carbons (Fsp3) is 0.404. The van der Waals surface area contributed by atoms with E-state index in [1.165, 1.54) is 6.33 Å². The van der Waals surface area contributed by atoms with Gasteiger partial charge in [0, 0.05) is 70.0 Å². The lowest BCUT2D eigenvalue weighted by Crippen LogP contribution is -2.54. The summed E-state index contributed by atoms with van der Waals surface area (Å²) in [6.07, 6.45) is 6.43. The predicted octanol–water partition coefficient (Wildman–Crippen LogP) is 4.95. The van der Waals surface area contributed by atoms with Crippen molar-refractivity contribution in [3.63, 3.8) is 0 Å². The van der Waals surface area contributed by atoms with E-state index in [0.29, 0.717) is 52.9 Å². The summed E-state index contributed by atoms with van der Waals surface area (Å²) in [6.45, 7) is 7.03. The smallest absolute Gasteiger partial charge is 0.320 e. The van der Waals surface area contributed by atoms with Gasteiger partial charge in [-0.25, -0.2) is 19.4 Å². The number of piperazine rings is 1. The molecule has 4 fully saturated rings. The predicted molar refractivity (Wildman–Crippen MR) is 238 cm³/mol. The Kier molecular flexibility index (Phi) is 11.2. The number of urea groups is 1. The van der Waals surface area contributed by atoms with E-state index in [1.54, 1.807) is 12.1 Å². The minimum absolute atomic E-state index is 0.0633. The molecule has 64 heavy (non-hydrogen) atoms. The number of carbonyl (C=O) groups excluding carboxylic acids is 5. The van der Waals surface area contributed by atoms with E-state index in [2.05, 4.69) is 25.1 Å². The van der Waals surface area contributed by atoms with Crippen LogP contribution < -0.4 is 20.7 Å². The first-order valence-electron chi connectivity index (χ1n) is 22.4. The normalized spacial score (nSPS) is 21.1. The summed E-state index contributed by atoms with van der Waals surface area (Å²) in [5.74, 6) is 0.382. The maximum atomic E-state index is 14.0. The Hall–Kier alpha value is -6.88. The van der Waals surface area contributed by atoms with E-state index in [0.717, 1.165) is 99.8 Å². The maximum absolute atomic E-state index is 14.0. The quantitative estimate of drug-likeness (QED) is 0.190. The lowest BCUT2D eigenvalue weighted by atomic mass is 9.93. The Labute approximate surface area is 370 Å². The zero-order chi connectivity index (χ0) is 43.9. The van der Waals surface area contributed by atoms with Crippen molar-refractivity contribution in [3.8, 4) is 22.8 Å². The molecule has 4 saturated heterocycles. The molecule has 6 amide bonds. The monoisotopic (exact) mass is 865 g/mol. The number of carbonyl (C=O) groups is 5. The Bertz CT molecular complexity index is 2600. The summed E-state index contributed by atoms with van der Waals surface area (Å²) in [7, 11) is 0. The van der Waals surface area contributed by atoms with E-state index in [4.69, 9.17) is 15.6 Å². The number of nitrogens with one attached hydrogen (secondary N) is 1. The average molecular weight is 866 g/mol. The molecule has 5 aliphatic heterocycles. The third kappa shape index (κ3) is 7.99. The molecule has 1 unspecified atom stereocenters. The molecule has 5 aliphatic rings. The van der Waals surface area contributed by atoms with Gasteiger partial charge in [-0.3, -0.25) is 34.3 Å². The third-order valence-corrected chi connectivity index (χ3v) is 13.5. The Morgan fingerprint density at radius 2 is 1.53 bits per heavy atom. The van der Waals surface area contributed by atoms with Gasteiger partial charge < -0.3 is 25.2 Å². The molecule has 0 saturated carbocycles. The molecule has 0 bridgehead atoms. The summed E-state index contributed by atoms with van der Waals surface area (Å²) < 4.78 is 7.95. The van der Waals surface area contributed by atoms with E-state index >= 15 is 0 Å². The number of imide groups is 2. The number of likely N-dealkylation sites (tertiary alicyclic amines) is 2. The molecule has 3 aromatic carbocycles. The van der Waals surface area contributed by atoms with Crippen LogP contribution in [0.3, 0.4) is 0 Å². The number of fused-ring (bicyclic) bond motifs is 2. The van der Waals surface area contributed by atoms with Crippen LogP contribution in [0.15, 0.2) is 79.1 Å². The van der Waals surface area contributed by atoms with Gasteiger partial charge in [0.25, 0.3) is 11.8 Å². The molecule has 0 aliphatic carbocycles. The van der Waals surface area contributed by atoms with E-state index < -0.39 is 29.7 Å². The number of piperidine rings is 3. The molecular formula is C47H51N11O6. The van der Waals surface area contributed by atoms with Crippen LogP contribution in [0.2, 0.25) is 0 Å². The minimum atomic E-state index is -0.980. The van der Waals surface area contributed by atoms with Crippen LogP contribution in [0.4, 0.5) is 16.3 Å². The molecular weight excluding hydrogens is 815 g/mol. The van der Waals surface area contributed by atoms with Crippen LogP contribution in [-0.4, -0.2) is 134 Å². The van der Waals surface area contributed by atoms with Gasteiger partial charge in [-0.2, -0.15) is 5.10 Å². The van der Waals surface area contributed by atoms with Crippen LogP contribution in [-0.2, 0) is 9.59 Å². The summed E-state index contributed by atoms with van der Waals surface area (Å²) in [5.41, 5.74) is 10.1. The van der Waals surface area contributed by atoms with Crippen LogP contribution in [0.5, 0.6) is 11.5 Å². The number of amides is 6. The first kappa shape index (κ1) is 41.1. The molecule has 7 heterocycles. The van der Waals surface area contributed by atoms with Crippen molar-refractivity contribution in [2.45, 2.75) is 57.0 Å². The Morgan fingerprint density at radius 3 is 2.30 bits per heavy atom. The van der Waals surface area contributed by atoms with Gasteiger partial charge in [-0.05, 0) is 106 Å². The lowest BCUT2D eigenvalue weighted by molar-refractivity contribution is -0.136. The van der Waals surface area contributed by atoms with E-state index in [9.17, 15) is 24.0 Å². The van der Waals surface area contributed by atoms with E-state index in [-0.39, 0.29) is 30.5 Å². The van der Waals surface area contributed by atoms with Gasteiger partial charge in [-0.15, -0.1) is 0 Å². The number of benzene rings is 3. The highest BCUT2D eigenvalue weighted by Gasteiger charge is 2.45. The van der Waals surface area contributed by atoms with Gasteiger partial charge in [0.05, 0.1) is 22.6 Å². The standard InChI is InChI=1S/C47H51N11O6/c48-42-40-41(31-8-11-35(12-9-31)64-34-6-2-1-3-7-34)52-58(43(40)50-29-49-42)33-5-4-19-56(28-33)47(63)55-21-17-30(18-22-55)16-20-53-23-25-54(26-24-53)32-10-13-36-37(27-32)46(62)57(45(36)61)38-14-15-39(59)51-44(38)60/h1-3,6-13,27,29-30,33,38H,4-5,14-26,28H2,(H2,48,49,50)(H,51,59,60)/t33-,38?/m1/s1. The molecule has 17 nitrogen and oxygen atoms in total. The van der Waals surface area contributed by atoms with Crippen molar-refractivity contribution in [2.75, 3.05) is 69.5 Å². The molecule has 10 rings (SSSR count). The van der Waals surface area contributed by atoms with Crippen molar-refractivity contribution in [1.29, 1.82) is 0 Å². The fourth-order valence-corrected chi connectivity index (χ4v) is 9.95. The van der Waals surface area contributed by atoms with Crippen LogP contribution in [0.25, 0.3) is 22.3 Å². The molecule has 330 valence electrons. The van der Waals surface area contributed by atoms with Gasteiger partial charge in [0.2, 0.25) is 11.8 Å². The molecule has 5 aromatic rings. The number of nitrogens with two attached hydrogens (primary N) is 1. The van der Waals surface area contributed by atoms with Crippen LogP contribution >= 0.6 is 0 Å². The van der Waals surface area contributed by atoms with Crippen molar-refractivity contribution in [3.05, 3.63) is 90.3 Å². The summed E-state index contributed by atoms with van der Waals surface area (Å²) in [6, 6.07) is 21.7. The van der Waals surface area contributed by atoms with Gasteiger partial charge >= 0.3 is 6.03 Å². The highest BCUT2D eigenvalue weighted by Crippen LogP contribution is 2.36.